The maximum atomic E-state index is 11.2. The van der Waals surface area contributed by atoms with E-state index in [4.69, 9.17) is 5.11 Å². The predicted octanol–water partition coefficient (Wildman–Crippen LogP) is 1.12. The molecule has 0 unspecified atom stereocenters. The number of likely N-dealkylation sites (N-methyl/N-ethyl adjacent to an activating group) is 1. The van der Waals surface area contributed by atoms with Crippen molar-refractivity contribution in [1.82, 2.24) is 0 Å². The van der Waals surface area contributed by atoms with Crippen LogP contribution < -0.4 is 4.90 Å². The molecule has 4 heteroatoms. The van der Waals surface area contributed by atoms with Crippen molar-refractivity contribution in [2.24, 2.45) is 0 Å². The van der Waals surface area contributed by atoms with E-state index in [2.05, 4.69) is 0 Å². The summed E-state index contributed by atoms with van der Waals surface area (Å²) in [6.45, 7) is 2.07. The fraction of sp³-hybridized carbons (Fsp3) is 0.200. The van der Waals surface area contributed by atoms with E-state index in [1.165, 1.54) is 4.90 Å². The second kappa shape index (κ2) is 4.41. The molecule has 1 aromatic carbocycles. The lowest BCUT2D eigenvalue weighted by molar-refractivity contribution is -0.148. The zero-order valence-corrected chi connectivity index (χ0v) is 7.80. The minimum atomic E-state index is -1.43. The zero-order valence-electron chi connectivity index (χ0n) is 7.80. The van der Waals surface area contributed by atoms with Crippen molar-refractivity contribution in [3.63, 3.8) is 0 Å². The highest BCUT2D eigenvalue weighted by Gasteiger charge is 2.20. The largest absolute Gasteiger partial charge is 0.474 e. The number of anilines is 1. The monoisotopic (exact) mass is 193 g/mol. The van der Waals surface area contributed by atoms with Gasteiger partial charge < -0.3 is 10.0 Å². The topological polar surface area (TPSA) is 57.6 Å². The summed E-state index contributed by atoms with van der Waals surface area (Å²) in [5, 5.41) is 8.55. The van der Waals surface area contributed by atoms with Crippen LogP contribution in [0.2, 0.25) is 0 Å². The lowest BCUT2D eigenvalue weighted by atomic mass is 10.3. The fourth-order valence-corrected chi connectivity index (χ4v) is 1.17. The molecule has 0 heterocycles. The van der Waals surface area contributed by atoms with E-state index >= 15 is 0 Å². The van der Waals surface area contributed by atoms with Gasteiger partial charge in [0, 0.05) is 12.2 Å². The van der Waals surface area contributed by atoms with Crippen molar-refractivity contribution in [3.8, 4) is 0 Å². The molecule has 0 aromatic heterocycles. The number of carbonyl (C=O) groups is 2. The molecule has 0 aliphatic carbocycles. The Hall–Kier alpha value is -1.84. The number of carbonyl (C=O) groups excluding carboxylic acids is 1. The van der Waals surface area contributed by atoms with Gasteiger partial charge in [-0.15, -0.1) is 0 Å². The van der Waals surface area contributed by atoms with Gasteiger partial charge in [-0.2, -0.15) is 0 Å². The quantitative estimate of drug-likeness (QED) is 0.716. The number of benzene rings is 1. The predicted molar refractivity (Wildman–Crippen MR) is 52.1 cm³/mol. The lowest BCUT2D eigenvalue weighted by Gasteiger charge is -2.18. The minimum absolute atomic E-state index is 0.342. The third-order valence-electron chi connectivity index (χ3n) is 1.81. The van der Waals surface area contributed by atoms with E-state index in [9.17, 15) is 9.59 Å². The van der Waals surface area contributed by atoms with E-state index in [-0.39, 0.29) is 0 Å². The number of para-hydroxylation sites is 1. The highest BCUT2D eigenvalue weighted by Crippen LogP contribution is 2.12. The Morgan fingerprint density at radius 1 is 1.29 bits per heavy atom. The van der Waals surface area contributed by atoms with Crippen LogP contribution in [0.15, 0.2) is 30.3 Å². The van der Waals surface area contributed by atoms with Gasteiger partial charge in [-0.05, 0) is 19.1 Å². The lowest BCUT2D eigenvalue weighted by Crippen LogP contribution is -2.36. The molecule has 0 saturated carbocycles. The Morgan fingerprint density at radius 2 is 1.86 bits per heavy atom. The van der Waals surface area contributed by atoms with E-state index in [0.717, 1.165) is 0 Å². The normalized spacial score (nSPS) is 9.50. The second-order valence-electron chi connectivity index (χ2n) is 2.69. The first kappa shape index (κ1) is 10.2. The summed E-state index contributed by atoms with van der Waals surface area (Å²) in [5.41, 5.74) is 0.599. The van der Waals surface area contributed by atoms with Crippen LogP contribution >= 0.6 is 0 Å². The van der Waals surface area contributed by atoms with Gasteiger partial charge in [0.05, 0.1) is 0 Å². The minimum Gasteiger partial charge on any atom is -0.474 e. The van der Waals surface area contributed by atoms with Crippen molar-refractivity contribution < 1.29 is 14.7 Å². The molecule has 1 aromatic rings. The molecule has 0 radical (unpaired) electrons. The van der Waals surface area contributed by atoms with Crippen LogP contribution in [0.25, 0.3) is 0 Å². The number of hydrogen-bond donors (Lipinski definition) is 1. The summed E-state index contributed by atoms with van der Waals surface area (Å²) in [7, 11) is 0. The molecule has 4 nitrogen and oxygen atoms in total. The summed E-state index contributed by atoms with van der Waals surface area (Å²) in [5.74, 6) is -2.34. The van der Waals surface area contributed by atoms with Crippen LogP contribution in [0.4, 0.5) is 5.69 Å². The molecule has 14 heavy (non-hydrogen) atoms. The Morgan fingerprint density at radius 3 is 2.29 bits per heavy atom. The van der Waals surface area contributed by atoms with Gasteiger partial charge in [-0.1, -0.05) is 18.2 Å². The number of nitrogens with zero attached hydrogens (tertiary/aromatic N) is 1. The molecule has 1 N–H and O–H groups in total. The molecule has 1 amide bonds. The van der Waals surface area contributed by atoms with Crippen molar-refractivity contribution in [2.45, 2.75) is 6.92 Å². The van der Waals surface area contributed by atoms with E-state index in [1.54, 1.807) is 31.2 Å². The number of hydrogen-bond acceptors (Lipinski definition) is 2. The van der Waals surface area contributed by atoms with Gasteiger partial charge in [0.25, 0.3) is 0 Å². The van der Waals surface area contributed by atoms with Gasteiger partial charge in [-0.3, -0.25) is 4.79 Å². The number of amides is 1. The summed E-state index contributed by atoms with van der Waals surface area (Å²) in [6, 6.07) is 8.72. The first-order chi connectivity index (χ1) is 6.66. The van der Waals surface area contributed by atoms with Gasteiger partial charge >= 0.3 is 11.9 Å². The van der Waals surface area contributed by atoms with Gasteiger partial charge in [-0.25, -0.2) is 4.79 Å². The first-order valence-corrected chi connectivity index (χ1v) is 4.26. The van der Waals surface area contributed by atoms with Crippen molar-refractivity contribution in [2.75, 3.05) is 11.4 Å². The van der Waals surface area contributed by atoms with Crippen molar-refractivity contribution >= 4 is 17.6 Å². The van der Waals surface area contributed by atoms with E-state index < -0.39 is 11.9 Å². The van der Waals surface area contributed by atoms with Gasteiger partial charge in [0.1, 0.15) is 0 Å². The molecule has 74 valence electrons. The molecular weight excluding hydrogens is 182 g/mol. The average molecular weight is 193 g/mol. The van der Waals surface area contributed by atoms with Crippen LogP contribution in [0, 0.1) is 0 Å². The van der Waals surface area contributed by atoms with Gasteiger partial charge in [0.2, 0.25) is 0 Å². The van der Waals surface area contributed by atoms with Crippen LogP contribution in [0.5, 0.6) is 0 Å². The number of aliphatic carboxylic acids is 1. The molecular formula is C10H11NO3. The highest BCUT2D eigenvalue weighted by molar-refractivity contribution is 6.37. The van der Waals surface area contributed by atoms with Crippen LogP contribution in [0.1, 0.15) is 6.92 Å². The Kier molecular flexibility index (Phi) is 3.23. The third-order valence-corrected chi connectivity index (χ3v) is 1.81. The molecule has 0 aliphatic rings. The van der Waals surface area contributed by atoms with E-state index in [1.807, 2.05) is 6.07 Å². The fourth-order valence-electron chi connectivity index (χ4n) is 1.17. The Bertz CT molecular complexity index is 334. The second-order valence-corrected chi connectivity index (χ2v) is 2.69. The van der Waals surface area contributed by atoms with Crippen molar-refractivity contribution in [1.29, 1.82) is 0 Å². The highest BCUT2D eigenvalue weighted by atomic mass is 16.4. The van der Waals surface area contributed by atoms with E-state index in [0.29, 0.717) is 12.2 Å². The Labute approximate surface area is 81.8 Å². The standard InChI is InChI=1S/C10H11NO3/c1-2-11(9(12)10(13)14)8-6-4-3-5-7-8/h3-7H,2H2,1H3,(H,13,14). The number of rotatable bonds is 2. The summed E-state index contributed by atoms with van der Waals surface area (Å²) >= 11 is 0. The SMILES string of the molecule is CCN(C(=O)C(=O)O)c1ccccc1. The molecule has 1 rings (SSSR count). The summed E-state index contributed by atoms with van der Waals surface area (Å²) < 4.78 is 0. The van der Waals surface area contributed by atoms with Crippen LogP contribution in [0.3, 0.4) is 0 Å². The van der Waals surface area contributed by atoms with Crippen molar-refractivity contribution in [3.05, 3.63) is 30.3 Å². The molecule has 0 bridgehead atoms. The maximum Gasteiger partial charge on any atom is 0.394 e. The van der Waals surface area contributed by atoms with Crippen LogP contribution in [-0.4, -0.2) is 23.5 Å². The molecule has 0 spiro atoms. The smallest absolute Gasteiger partial charge is 0.394 e. The molecule has 0 aliphatic heterocycles. The maximum absolute atomic E-state index is 11.2. The third kappa shape index (κ3) is 2.10. The summed E-state index contributed by atoms with van der Waals surface area (Å²) in [4.78, 5) is 22.9. The number of carboxylic acids is 1. The molecule has 0 fully saturated rings. The molecule has 0 saturated heterocycles. The van der Waals surface area contributed by atoms with Crippen LogP contribution in [-0.2, 0) is 9.59 Å². The Balaban J connectivity index is 2.93. The summed E-state index contributed by atoms with van der Waals surface area (Å²) in [6.07, 6.45) is 0. The first-order valence-electron chi connectivity index (χ1n) is 4.26. The average Bonchev–Trinajstić information content (AvgIpc) is 2.20. The zero-order chi connectivity index (χ0) is 10.6. The number of carboxylic acid groups (broad SMARTS) is 1. The molecule has 0 atom stereocenters. The van der Waals surface area contributed by atoms with Gasteiger partial charge in [0.15, 0.2) is 0 Å².